The summed E-state index contributed by atoms with van der Waals surface area (Å²) in [6, 6.07) is 20.3. The lowest BCUT2D eigenvalue weighted by Gasteiger charge is -2.35. The fourth-order valence-electron chi connectivity index (χ4n) is 3.14. The summed E-state index contributed by atoms with van der Waals surface area (Å²) in [7, 11) is 0. The average molecular weight is 349 g/mol. The van der Waals surface area contributed by atoms with Crippen molar-refractivity contribution in [3.05, 3.63) is 77.1 Å². The monoisotopic (exact) mass is 349 g/mol. The Labute approximate surface area is 150 Å². The number of aromatic nitrogens is 1. The molecule has 3 aromatic rings. The first kappa shape index (κ1) is 16.2. The molecule has 0 radical (unpaired) electrons. The van der Waals surface area contributed by atoms with Gasteiger partial charge in [0.05, 0.1) is 6.07 Å². The average Bonchev–Trinajstić information content (AvgIpc) is 3.10. The van der Waals surface area contributed by atoms with Gasteiger partial charge in [-0.3, -0.25) is 4.79 Å². The Morgan fingerprint density at radius 2 is 1.46 bits per heavy atom. The van der Waals surface area contributed by atoms with Crippen molar-refractivity contribution in [1.29, 1.82) is 0 Å². The third kappa shape index (κ3) is 3.13. The topological polar surface area (TPSA) is 58.7 Å². The molecule has 0 atom stereocenters. The maximum Gasteiger partial charge on any atom is 0.361 e. The minimum atomic E-state index is -0.445. The zero-order valence-corrected chi connectivity index (χ0v) is 14.2. The molecule has 1 fully saturated rings. The van der Waals surface area contributed by atoms with Crippen LogP contribution in [0.25, 0.3) is 11.3 Å². The van der Waals surface area contributed by atoms with E-state index in [0.29, 0.717) is 18.8 Å². The maximum absolute atomic E-state index is 12.7. The summed E-state index contributed by atoms with van der Waals surface area (Å²) in [5.74, 6) is 0.395. The summed E-state index contributed by atoms with van der Waals surface area (Å²) in [6.07, 6.45) is 0. The number of hydrogen-bond donors (Lipinski definition) is 0. The van der Waals surface area contributed by atoms with Crippen LogP contribution in [-0.2, 0) is 0 Å². The van der Waals surface area contributed by atoms with Crippen LogP contribution in [-0.4, -0.2) is 41.8 Å². The van der Waals surface area contributed by atoms with Crippen LogP contribution in [0.2, 0.25) is 0 Å². The van der Waals surface area contributed by atoms with Crippen LogP contribution in [0.5, 0.6) is 0 Å². The van der Waals surface area contributed by atoms with Crippen molar-refractivity contribution in [3.8, 4) is 11.3 Å². The molecule has 1 aliphatic heterocycles. The Hall–Kier alpha value is -3.28. The minimum absolute atomic E-state index is 0.395. The van der Waals surface area contributed by atoms with Crippen molar-refractivity contribution in [1.82, 2.24) is 9.64 Å². The molecule has 0 spiro atoms. The normalized spacial score (nSPS) is 14.5. The van der Waals surface area contributed by atoms with E-state index in [0.717, 1.165) is 29.1 Å². The largest absolute Gasteiger partial charge is 0.368 e. The van der Waals surface area contributed by atoms with Crippen LogP contribution in [0.4, 0.5) is 10.5 Å². The first-order valence-corrected chi connectivity index (χ1v) is 8.60. The lowest BCUT2D eigenvalue weighted by molar-refractivity contribution is 0.165. The van der Waals surface area contributed by atoms with Gasteiger partial charge in [-0.25, -0.2) is 4.79 Å². The summed E-state index contributed by atoms with van der Waals surface area (Å²) >= 11 is 0. The number of carbonyl (C=O) groups is 1. The van der Waals surface area contributed by atoms with Gasteiger partial charge < -0.3 is 14.3 Å². The van der Waals surface area contributed by atoms with E-state index in [9.17, 15) is 9.59 Å². The highest BCUT2D eigenvalue weighted by Gasteiger charge is 2.25. The van der Waals surface area contributed by atoms with Crippen LogP contribution in [0, 0.1) is 0 Å². The van der Waals surface area contributed by atoms with E-state index in [-0.39, 0.29) is 0 Å². The molecule has 1 amide bonds. The summed E-state index contributed by atoms with van der Waals surface area (Å²) in [6.45, 7) is 2.52. The number of carbonyl (C=O) groups excluding carboxylic acids is 1. The van der Waals surface area contributed by atoms with Gasteiger partial charge in [-0.1, -0.05) is 53.3 Å². The van der Waals surface area contributed by atoms with Gasteiger partial charge in [-0.15, -0.1) is 0 Å². The zero-order valence-electron chi connectivity index (χ0n) is 14.2. The smallest absolute Gasteiger partial charge is 0.361 e. The third-order valence-electron chi connectivity index (χ3n) is 4.55. The first-order valence-electron chi connectivity index (χ1n) is 8.60. The number of piperazine rings is 1. The van der Waals surface area contributed by atoms with Gasteiger partial charge in [0, 0.05) is 37.4 Å². The van der Waals surface area contributed by atoms with Gasteiger partial charge in [-0.2, -0.15) is 0 Å². The molecule has 0 saturated carbocycles. The molecule has 0 aliphatic carbocycles. The number of amides is 1. The SMILES string of the molecule is O=C(N1CCN(c2ccccc2)CC1)n1oc(-c2ccccc2)cc1=O. The van der Waals surface area contributed by atoms with Crippen molar-refractivity contribution in [2.24, 2.45) is 0 Å². The molecule has 1 saturated heterocycles. The van der Waals surface area contributed by atoms with Gasteiger partial charge in [0.2, 0.25) is 0 Å². The van der Waals surface area contributed by atoms with Crippen LogP contribution in [0.3, 0.4) is 0 Å². The highest BCUT2D eigenvalue weighted by molar-refractivity contribution is 5.76. The Morgan fingerprint density at radius 3 is 2.12 bits per heavy atom. The van der Waals surface area contributed by atoms with Gasteiger partial charge in [0.15, 0.2) is 5.76 Å². The van der Waals surface area contributed by atoms with Gasteiger partial charge in [-0.05, 0) is 12.1 Å². The summed E-state index contributed by atoms with van der Waals surface area (Å²) in [5, 5.41) is 0. The van der Waals surface area contributed by atoms with E-state index < -0.39 is 11.6 Å². The number of benzene rings is 2. The van der Waals surface area contributed by atoms with Gasteiger partial charge in [0.1, 0.15) is 0 Å². The predicted molar refractivity (Wildman–Crippen MR) is 99.4 cm³/mol. The van der Waals surface area contributed by atoms with Crippen molar-refractivity contribution in [2.45, 2.75) is 0 Å². The second-order valence-electron chi connectivity index (χ2n) is 6.19. The summed E-state index contributed by atoms with van der Waals surface area (Å²) < 4.78 is 6.37. The van der Waals surface area contributed by atoms with Crippen molar-refractivity contribution >= 4 is 11.7 Å². The molecule has 2 heterocycles. The van der Waals surface area contributed by atoms with Crippen LogP contribution < -0.4 is 10.5 Å². The van der Waals surface area contributed by atoms with E-state index in [1.54, 1.807) is 4.90 Å². The second-order valence-corrected chi connectivity index (χ2v) is 6.19. The molecule has 0 bridgehead atoms. The molecule has 2 aromatic carbocycles. The Bertz CT molecular complexity index is 939. The second kappa shape index (κ2) is 6.92. The molecule has 26 heavy (non-hydrogen) atoms. The van der Waals surface area contributed by atoms with Crippen molar-refractivity contribution in [3.63, 3.8) is 0 Å². The Balaban J connectivity index is 1.48. The highest BCUT2D eigenvalue weighted by atomic mass is 16.5. The van der Waals surface area contributed by atoms with Gasteiger partial charge in [0.25, 0.3) is 5.56 Å². The summed E-state index contributed by atoms with van der Waals surface area (Å²) in [5.41, 5.74) is 1.46. The van der Waals surface area contributed by atoms with Crippen LogP contribution in [0.15, 0.2) is 76.0 Å². The Kier molecular flexibility index (Phi) is 4.31. The molecule has 6 heteroatoms. The molecule has 4 rings (SSSR count). The molecule has 0 N–H and O–H groups in total. The predicted octanol–water partition coefficient (Wildman–Crippen LogP) is 2.90. The fraction of sp³-hybridized carbons (Fsp3) is 0.200. The van der Waals surface area contributed by atoms with Crippen molar-refractivity contribution < 1.29 is 9.32 Å². The molecule has 1 aliphatic rings. The van der Waals surface area contributed by atoms with E-state index in [1.165, 1.54) is 6.07 Å². The summed E-state index contributed by atoms with van der Waals surface area (Å²) in [4.78, 5) is 28.8. The quantitative estimate of drug-likeness (QED) is 0.714. The molecule has 1 aromatic heterocycles. The van der Waals surface area contributed by atoms with Crippen LogP contribution >= 0.6 is 0 Å². The van der Waals surface area contributed by atoms with Gasteiger partial charge >= 0.3 is 6.03 Å². The lowest BCUT2D eigenvalue weighted by atomic mass is 10.2. The molecule has 132 valence electrons. The molecule has 0 unspecified atom stereocenters. The fourth-order valence-corrected chi connectivity index (χ4v) is 3.14. The van der Waals surface area contributed by atoms with E-state index >= 15 is 0 Å². The minimum Gasteiger partial charge on any atom is -0.368 e. The van der Waals surface area contributed by atoms with E-state index in [1.807, 2.05) is 48.5 Å². The maximum atomic E-state index is 12.7. The molecule has 6 nitrogen and oxygen atoms in total. The number of anilines is 1. The number of hydrogen-bond acceptors (Lipinski definition) is 4. The highest BCUT2D eigenvalue weighted by Crippen LogP contribution is 2.18. The van der Waals surface area contributed by atoms with Crippen molar-refractivity contribution in [2.75, 3.05) is 31.1 Å². The lowest BCUT2D eigenvalue weighted by Crippen LogP contribution is -2.51. The van der Waals surface area contributed by atoms with Crippen LogP contribution in [0.1, 0.15) is 0 Å². The first-order chi connectivity index (χ1) is 12.7. The molecular weight excluding hydrogens is 330 g/mol. The Morgan fingerprint density at radius 1 is 0.846 bits per heavy atom. The molecular formula is C20H19N3O3. The number of rotatable bonds is 2. The van der Waals surface area contributed by atoms with E-state index in [4.69, 9.17) is 4.52 Å². The van der Waals surface area contributed by atoms with E-state index in [2.05, 4.69) is 17.0 Å². The zero-order chi connectivity index (χ0) is 17.9. The number of nitrogens with zero attached hydrogens (tertiary/aromatic N) is 3. The number of para-hydroxylation sites is 1. The third-order valence-corrected chi connectivity index (χ3v) is 4.55. The standard InChI is InChI=1S/C20H19N3O3/c24-19-15-18(16-7-3-1-4-8-16)26-23(19)20(25)22-13-11-21(12-14-22)17-9-5-2-6-10-17/h1-10,15H,11-14H2.